The Bertz CT molecular complexity index is 1400. The molecule has 7 nitrogen and oxygen atoms in total. The van der Waals surface area contributed by atoms with Crippen molar-refractivity contribution in [3.63, 3.8) is 0 Å². The molecule has 40 heavy (non-hydrogen) atoms. The number of Topliss-reactive ketones (excluding diaryl/α,β-unsaturated/α-hetero) is 1. The van der Waals surface area contributed by atoms with Gasteiger partial charge in [0.25, 0.3) is 5.91 Å². The number of rotatable bonds is 8. The lowest BCUT2D eigenvalue weighted by Gasteiger charge is -2.28. The van der Waals surface area contributed by atoms with Gasteiger partial charge >= 0.3 is 12.1 Å². The summed E-state index contributed by atoms with van der Waals surface area (Å²) in [6.45, 7) is 2.22. The van der Waals surface area contributed by atoms with Crippen molar-refractivity contribution in [2.45, 2.75) is 58.3 Å². The Morgan fingerprint density at radius 3 is 2.23 bits per heavy atom. The first kappa shape index (κ1) is 29.4. The van der Waals surface area contributed by atoms with Gasteiger partial charge in [-0.1, -0.05) is 0 Å². The fourth-order valence-corrected chi connectivity index (χ4v) is 6.04. The number of carboxylic acid groups (broad SMARTS) is 1. The fraction of sp³-hybridized carbons (Fsp3) is 0.407. The first-order valence-electron chi connectivity index (χ1n) is 12.5. The van der Waals surface area contributed by atoms with Gasteiger partial charge in [0.1, 0.15) is 11.6 Å². The molecule has 0 unspecified atom stereocenters. The number of halogens is 5. The number of hydrogen-bond acceptors (Lipinski definition) is 5. The molecule has 0 spiro atoms. The normalized spacial score (nSPS) is 17.6. The third-order valence-corrected chi connectivity index (χ3v) is 8.07. The number of aliphatic carboxylic acids is 1. The Kier molecular flexibility index (Phi) is 8.43. The van der Waals surface area contributed by atoms with Crippen LogP contribution in [0.15, 0.2) is 29.8 Å². The van der Waals surface area contributed by atoms with Gasteiger partial charge in [-0.2, -0.15) is 18.3 Å². The Hall–Kier alpha value is -3.61. The van der Waals surface area contributed by atoms with Crippen LogP contribution in [0.2, 0.25) is 0 Å². The smallest absolute Gasteiger partial charge is 0.433 e. The van der Waals surface area contributed by atoms with E-state index in [-0.39, 0.29) is 31.2 Å². The molecule has 2 aromatic heterocycles. The number of alkyl halides is 3. The Balaban J connectivity index is 1.71. The van der Waals surface area contributed by atoms with Crippen molar-refractivity contribution in [2.24, 2.45) is 5.92 Å². The number of aryl methyl sites for hydroxylation is 2. The van der Waals surface area contributed by atoms with E-state index in [2.05, 4.69) is 5.10 Å². The van der Waals surface area contributed by atoms with Crippen LogP contribution < -0.4 is 0 Å². The summed E-state index contributed by atoms with van der Waals surface area (Å²) in [5.41, 5.74) is -1.21. The lowest BCUT2D eigenvalue weighted by atomic mass is 9.86. The molecule has 13 heteroatoms. The van der Waals surface area contributed by atoms with Crippen LogP contribution in [-0.2, 0) is 17.5 Å². The average molecular weight is 584 g/mol. The van der Waals surface area contributed by atoms with E-state index in [0.29, 0.717) is 26.8 Å². The van der Waals surface area contributed by atoms with Crippen molar-refractivity contribution in [1.29, 1.82) is 0 Å². The quantitative estimate of drug-likeness (QED) is 0.252. The van der Waals surface area contributed by atoms with Crippen LogP contribution in [0.1, 0.15) is 74.1 Å². The highest BCUT2D eigenvalue weighted by Crippen LogP contribution is 2.39. The van der Waals surface area contributed by atoms with E-state index in [0.717, 1.165) is 23.2 Å². The first-order valence-corrected chi connectivity index (χ1v) is 13.3. The van der Waals surface area contributed by atoms with Crippen LogP contribution in [-0.4, -0.2) is 44.0 Å². The Morgan fingerprint density at radius 2 is 1.70 bits per heavy atom. The van der Waals surface area contributed by atoms with Gasteiger partial charge < -0.3 is 10.0 Å². The predicted molar refractivity (Wildman–Crippen MR) is 135 cm³/mol. The molecular formula is C27H26F5N3O4S. The molecule has 1 saturated carbocycles. The number of thiophene rings is 1. The lowest BCUT2D eigenvalue weighted by Crippen LogP contribution is -2.37. The standard InChI is InChI=1S/C27H26F5N3O4S/c1-14-13-40-15(2)23(14)22(36)12-34(11-16-7-18(28)9-19(29)8-16)25(37)21-10-33-35(24(21)27(30,31)32)20-5-3-17(4-6-20)26(38)39/h7-10,13,17,20H,3-6,11-12H2,1-2H3,(H,38,39). The van der Waals surface area contributed by atoms with E-state index in [1.807, 2.05) is 0 Å². The molecule has 214 valence electrons. The summed E-state index contributed by atoms with van der Waals surface area (Å²) in [5, 5.41) is 14.8. The minimum absolute atomic E-state index is 0.0506. The molecule has 0 radical (unpaired) electrons. The highest BCUT2D eigenvalue weighted by Gasteiger charge is 2.43. The van der Waals surface area contributed by atoms with E-state index in [1.165, 1.54) is 11.3 Å². The second-order valence-corrected chi connectivity index (χ2v) is 11.0. The number of aromatic nitrogens is 2. The van der Waals surface area contributed by atoms with Crippen molar-refractivity contribution < 1.29 is 41.4 Å². The number of amides is 1. The highest BCUT2D eigenvalue weighted by molar-refractivity contribution is 7.10. The van der Waals surface area contributed by atoms with Crippen molar-refractivity contribution in [2.75, 3.05) is 6.54 Å². The summed E-state index contributed by atoms with van der Waals surface area (Å²) in [4.78, 5) is 39.6. The van der Waals surface area contributed by atoms with Gasteiger partial charge in [-0.3, -0.25) is 19.1 Å². The lowest BCUT2D eigenvalue weighted by molar-refractivity contribution is -0.147. The molecular weight excluding hydrogens is 557 g/mol. The highest BCUT2D eigenvalue weighted by atomic mass is 32.1. The van der Waals surface area contributed by atoms with Gasteiger partial charge in [-0.05, 0) is 68.2 Å². The number of hydrogen-bond donors (Lipinski definition) is 1. The number of carbonyl (C=O) groups excluding carboxylic acids is 2. The SMILES string of the molecule is Cc1csc(C)c1C(=O)CN(Cc1cc(F)cc(F)c1)C(=O)c1cnn(C2CCC(C(=O)O)CC2)c1C(F)(F)F. The maximum atomic E-state index is 14.4. The number of benzene rings is 1. The van der Waals surface area contributed by atoms with Crippen LogP contribution in [0, 0.1) is 31.4 Å². The number of carbonyl (C=O) groups is 3. The maximum Gasteiger partial charge on any atom is 0.433 e. The van der Waals surface area contributed by atoms with Crippen LogP contribution in [0.25, 0.3) is 0 Å². The molecule has 1 aliphatic carbocycles. The van der Waals surface area contributed by atoms with Crippen LogP contribution in [0.5, 0.6) is 0 Å². The molecule has 1 aromatic carbocycles. The molecule has 1 amide bonds. The molecule has 1 N–H and O–H groups in total. The van der Waals surface area contributed by atoms with E-state index in [9.17, 15) is 41.4 Å². The maximum absolute atomic E-state index is 14.4. The second kappa shape index (κ2) is 11.5. The van der Waals surface area contributed by atoms with Crippen LogP contribution in [0.3, 0.4) is 0 Å². The van der Waals surface area contributed by atoms with Crippen molar-refractivity contribution >= 4 is 29.0 Å². The summed E-state index contributed by atoms with van der Waals surface area (Å²) < 4.78 is 71.6. The fourth-order valence-electron chi connectivity index (χ4n) is 5.18. The van der Waals surface area contributed by atoms with Crippen molar-refractivity contribution in [3.05, 3.63) is 74.2 Å². The van der Waals surface area contributed by atoms with Gasteiger partial charge in [0.15, 0.2) is 11.5 Å². The zero-order chi connectivity index (χ0) is 29.4. The Morgan fingerprint density at radius 1 is 1.07 bits per heavy atom. The molecule has 1 fully saturated rings. The molecule has 2 heterocycles. The van der Waals surface area contributed by atoms with E-state index in [1.54, 1.807) is 19.2 Å². The minimum atomic E-state index is -5.01. The van der Waals surface area contributed by atoms with E-state index in [4.69, 9.17) is 0 Å². The average Bonchev–Trinajstić information content (AvgIpc) is 3.46. The van der Waals surface area contributed by atoms with E-state index < -0.39 is 71.8 Å². The third-order valence-electron chi connectivity index (χ3n) is 7.04. The van der Waals surface area contributed by atoms with Crippen LogP contribution in [0.4, 0.5) is 22.0 Å². The summed E-state index contributed by atoms with van der Waals surface area (Å²) in [6.07, 6.45) is -3.67. The van der Waals surface area contributed by atoms with Gasteiger partial charge in [-0.25, -0.2) is 8.78 Å². The van der Waals surface area contributed by atoms with E-state index >= 15 is 0 Å². The topological polar surface area (TPSA) is 92.5 Å². The largest absolute Gasteiger partial charge is 0.481 e. The summed E-state index contributed by atoms with van der Waals surface area (Å²) in [5.74, 6) is -5.29. The van der Waals surface area contributed by atoms with Gasteiger partial charge in [-0.15, -0.1) is 11.3 Å². The van der Waals surface area contributed by atoms with Crippen molar-refractivity contribution in [1.82, 2.24) is 14.7 Å². The predicted octanol–water partition coefficient (Wildman–Crippen LogP) is 6.20. The molecule has 4 rings (SSSR count). The summed E-state index contributed by atoms with van der Waals surface area (Å²) in [7, 11) is 0. The molecule has 0 bridgehead atoms. The van der Waals surface area contributed by atoms with Crippen LogP contribution >= 0.6 is 11.3 Å². The minimum Gasteiger partial charge on any atom is -0.481 e. The zero-order valence-electron chi connectivity index (χ0n) is 21.6. The second-order valence-electron chi connectivity index (χ2n) is 9.90. The first-order chi connectivity index (χ1) is 18.8. The van der Waals surface area contributed by atoms with Gasteiger partial charge in [0.2, 0.25) is 0 Å². The molecule has 0 saturated heterocycles. The Labute approximate surface area is 230 Å². The molecule has 0 atom stereocenters. The molecule has 0 aliphatic heterocycles. The van der Waals surface area contributed by atoms with Gasteiger partial charge in [0.05, 0.1) is 30.3 Å². The van der Waals surface area contributed by atoms with Crippen molar-refractivity contribution in [3.8, 4) is 0 Å². The number of carboxylic acids is 1. The number of ketones is 1. The number of nitrogens with zero attached hydrogens (tertiary/aromatic N) is 3. The molecule has 1 aliphatic rings. The monoisotopic (exact) mass is 583 g/mol. The third kappa shape index (κ3) is 6.24. The molecule has 3 aromatic rings. The van der Waals surface area contributed by atoms with Gasteiger partial charge in [0, 0.05) is 23.1 Å². The summed E-state index contributed by atoms with van der Waals surface area (Å²) >= 11 is 1.30. The summed E-state index contributed by atoms with van der Waals surface area (Å²) in [6, 6.07) is 1.70. The zero-order valence-corrected chi connectivity index (χ0v) is 22.4.